The second kappa shape index (κ2) is 41.5. The molecule has 0 aromatic heterocycles. The van der Waals surface area contributed by atoms with Crippen LogP contribution in [-0.4, -0.2) is 308 Å². The smallest absolute Gasteiger partial charge is 0.251 e. The molecule has 18 N–H and O–H groups in total. The maximum Gasteiger partial charge on any atom is 0.251 e. The minimum Gasteiger partial charge on any atom is -0.504 e. The number of piperazine rings is 1. The molecule has 9 rings (SSSR count). The third kappa shape index (κ3) is 22.2. The Kier molecular flexibility index (Phi) is 34.6. The largest absolute Gasteiger partial charge is 0.504 e. The number of methoxy groups -OCH3 is 1. The summed E-state index contributed by atoms with van der Waals surface area (Å²) in [5.74, 6) is -8.39. The van der Waals surface area contributed by atoms with Crippen LogP contribution < -0.4 is 46.9 Å². The summed E-state index contributed by atoms with van der Waals surface area (Å²) in [6.45, 7) is 2.78. The Balaban J connectivity index is 0.00000587. The van der Waals surface area contributed by atoms with Gasteiger partial charge in [0.1, 0.15) is 42.9 Å². The summed E-state index contributed by atoms with van der Waals surface area (Å²) < 4.78 is 12.0. The lowest BCUT2D eigenvalue weighted by atomic mass is 9.73. The molecule has 6 aliphatic rings. The van der Waals surface area contributed by atoms with Crippen molar-refractivity contribution in [3.05, 3.63) is 77.9 Å². The highest BCUT2D eigenvalue weighted by Crippen LogP contribution is 2.46. The van der Waals surface area contributed by atoms with E-state index < -0.39 is 184 Å². The standard InChI is InChI=1S/C72H107N11O20.3ClH/c1-41-35-83-63(64(41)94)69(99)75-34-52(89)32-54(76-65(95)46-11-9-44(10-12-46)45-13-15-50(16-14-45)80-25-27-81(28-26-80)51-18-21-72(102-3,22-19-51)47-6-4-5-7-47)66(96)77-60(42(2)88)70(100)82-36-53(90)33-55(82)67(97)78-61(68(98)79-62(71(83)101)57(92)20-23-73-48(37-84)38-85)58(93)30-43-8-17-56(91)59(31-43)103-29-24-74-49(39-86)40-87;;;/h8-17,31,41-42,47-49,51-55,57-58,60-64,73-74,84-94H,4-7,18-30,32-40H2,1-3H3,(H,75,99)(H,76,95)(H,77,96)(H,78,97)(H,79,98);3*1H/t41-,42+,51?,52+,53+,54-,55-,57+,58+,60-,61-,62-,63-,64-,72?;;;/m0.../s1. The lowest BCUT2D eigenvalue weighted by molar-refractivity contribution is -0.147. The zero-order valence-electron chi connectivity index (χ0n) is 60.2. The number of nitrogens with zero attached hydrogens (tertiary/aromatic N) is 4. The van der Waals surface area contributed by atoms with Gasteiger partial charge in [-0.05, 0) is 117 Å². The number of carbonyl (C=O) groups is 7. The molecule has 4 aliphatic heterocycles. The third-order valence-corrected chi connectivity index (χ3v) is 21.6. The first kappa shape index (κ1) is 88.6. The molecule has 0 spiro atoms. The van der Waals surface area contributed by atoms with E-state index in [-0.39, 0.29) is 105 Å². The van der Waals surface area contributed by atoms with Gasteiger partial charge in [-0.1, -0.05) is 50.1 Å². The van der Waals surface area contributed by atoms with Gasteiger partial charge in [0.2, 0.25) is 35.4 Å². The summed E-state index contributed by atoms with van der Waals surface area (Å²) in [6, 6.07) is 6.28. The number of carbonyl (C=O) groups excluding carboxylic acids is 7. The van der Waals surface area contributed by atoms with Crippen molar-refractivity contribution in [1.82, 2.24) is 51.9 Å². The van der Waals surface area contributed by atoms with Crippen molar-refractivity contribution in [3.63, 3.8) is 0 Å². The molecule has 34 heteroatoms. The maximum absolute atomic E-state index is 15.1. The number of anilines is 1. The predicted octanol–water partition coefficient (Wildman–Crippen LogP) is -2.43. The minimum absolute atomic E-state index is 0. The Morgan fingerprint density at radius 2 is 1.25 bits per heavy atom. The van der Waals surface area contributed by atoms with Crippen LogP contribution in [0.2, 0.25) is 0 Å². The van der Waals surface area contributed by atoms with Gasteiger partial charge in [-0.2, -0.15) is 0 Å². The molecule has 0 bridgehead atoms. The van der Waals surface area contributed by atoms with Crippen molar-refractivity contribution >= 4 is 84.3 Å². The second-order valence-electron chi connectivity index (χ2n) is 28.6. The van der Waals surface area contributed by atoms with E-state index in [1.807, 2.05) is 19.2 Å². The van der Waals surface area contributed by atoms with E-state index in [2.05, 4.69) is 59.2 Å². The number of hydrogen-bond acceptors (Lipinski definition) is 24. The summed E-state index contributed by atoms with van der Waals surface area (Å²) in [4.78, 5) is 110. The van der Waals surface area contributed by atoms with E-state index in [4.69, 9.17) is 9.47 Å². The molecule has 3 aromatic rings. The molecule has 594 valence electrons. The highest BCUT2D eigenvalue weighted by atomic mass is 35.5. The van der Waals surface area contributed by atoms with Crippen LogP contribution in [0.25, 0.3) is 11.1 Å². The van der Waals surface area contributed by atoms with Crippen molar-refractivity contribution in [3.8, 4) is 22.6 Å². The van der Waals surface area contributed by atoms with Crippen LogP contribution in [-0.2, 0) is 39.9 Å². The van der Waals surface area contributed by atoms with Crippen LogP contribution in [0.15, 0.2) is 66.7 Å². The Morgan fingerprint density at radius 1 is 0.660 bits per heavy atom. The topological polar surface area (TPSA) is 458 Å². The second-order valence-corrected chi connectivity index (χ2v) is 28.6. The van der Waals surface area contributed by atoms with Crippen LogP contribution in [0.3, 0.4) is 0 Å². The molecule has 2 aliphatic carbocycles. The van der Waals surface area contributed by atoms with Gasteiger partial charge in [-0.25, -0.2) is 0 Å². The molecular weight excluding hydrogens is 1450 g/mol. The van der Waals surface area contributed by atoms with Crippen LogP contribution in [0.4, 0.5) is 5.69 Å². The van der Waals surface area contributed by atoms with Crippen molar-refractivity contribution in [2.75, 3.05) is 104 Å². The Bertz CT molecular complexity index is 3310. The van der Waals surface area contributed by atoms with E-state index in [1.165, 1.54) is 62.9 Å². The zero-order valence-corrected chi connectivity index (χ0v) is 62.6. The van der Waals surface area contributed by atoms with Gasteiger partial charge in [0.05, 0.1) is 80.7 Å². The average Bonchev–Trinajstić information content (AvgIpc) is 1.79. The monoisotopic (exact) mass is 1550 g/mol. The highest BCUT2D eigenvalue weighted by molar-refractivity contribution is 6.00. The van der Waals surface area contributed by atoms with Crippen molar-refractivity contribution in [1.29, 1.82) is 0 Å². The molecule has 0 unspecified atom stereocenters. The number of rotatable bonds is 25. The van der Waals surface area contributed by atoms with Gasteiger partial charge < -0.3 is 118 Å². The highest BCUT2D eigenvalue weighted by Gasteiger charge is 2.51. The molecule has 4 heterocycles. The number of phenols is 1. The summed E-state index contributed by atoms with van der Waals surface area (Å²) in [5.41, 5.74) is 3.02. The lowest BCUT2D eigenvalue weighted by Gasteiger charge is -2.47. The van der Waals surface area contributed by atoms with Crippen molar-refractivity contribution in [2.45, 2.75) is 187 Å². The molecule has 6 fully saturated rings. The fraction of sp³-hybridized carbons (Fsp3) is 0.653. The molecule has 4 saturated heterocycles. The van der Waals surface area contributed by atoms with Crippen LogP contribution in [0, 0.1) is 11.8 Å². The van der Waals surface area contributed by atoms with E-state index in [1.54, 1.807) is 12.1 Å². The number of halogens is 3. The van der Waals surface area contributed by atoms with E-state index in [0.29, 0.717) is 12.0 Å². The number of phenolic OH excluding ortho intramolecular Hbond substituents is 1. The molecule has 7 amide bonds. The van der Waals surface area contributed by atoms with Crippen LogP contribution in [0.5, 0.6) is 11.5 Å². The van der Waals surface area contributed by atoms with Gasteiger partial charge in [-0.15, -0.1) is 37.2 Å². The number of β-amino-alcohol motifs (C(OH)–C–C–N with tert-alkyl or cyclic N) is 1. The van der Waals surface area contributed by atoms with E-state index >= 15 is 9.59 Å². The number of aliphatic hydroxyl groups excluding tert-OH is 10. The lowest BCUT2D eigenvalue weighted by Crippen LogP contribution is -2.64. The molecule has 106 heavy (non-hydrogen) atoms. The number of fused-ring (bicyclic) bond motifs is 2. The Labute approximate surface area is 636 Å². The molecule has 0 radical (unpaired) electrons. The fourth-order valence-corrected chi connectivity index (χ4v) is 15.4. The van der Waals surface area contributed by atoms with E-state index in [0.717, 1.165) is 85.4 Å². The third-order valence-electron chi connectivity index (χ3n) is 21.6. The number of benzene rings is 3. The fourth-order valence-electron chi connectivity index (χ4n) is 15.4. The average molecular weight is 1560 g/mol. The van der Waals surface area contributed by atoms with Gasteiger partial charge in [0.15, 0.2) is 11.5 Å². The van der Waals surface area contributed by atoms with Crippen LogP contribution in [0.1, 0.15) is 100 Å². The SMILES string of the molecule is COC1(C2CCCC2)CCC(N2CCN(c3ccc(-c4ccc(C(=O)N[C@H]5C[C@@H](O)CNC(=O)[C@@H]6[C@@H](O)[C@@H](C)CN6C(=O)[C@H]([C@H](O)CCNC(CO)CO)NC(=O)[C@H]([C@H](O)Cc6ccc(O)c(OCCNC(CO)CO)c6)NC(=O)[C@@H]6C[C@@H](O)CN6C(=O)[C@H]([C@@H](C)O)NC5=O)cc4)cc3)CC2)CC1.Cl.Cl.Cl. The van der Waals surface area contributed by atoms with Crippen molar-refractivity contribution < 1.29 is 99.2 Å². The molecular formula is C72H110Cl3N11O20. The molecule has 31 nitrogen and oxygen atoms in total. The number of aliphatic hydroxyl groups is 10. The quantitative estimate of drug-likeness (QED) is 0.0392. The first-order chi connectivity index (χ1) is 49.4. The van der Waals surface area contributed by atoms with Gasteiger partial charge >= 0.3 is 0 Å². The Morgan fingerprint density at radius 3 is 1.85 bits per heavy atom. The maximum atomic E-state index is 15.1. The molecule has 13 atom stereocenters. The van der Waals surface area contributed by atoms with Crippen molar-refractivity contribution in [2.24, 2.45) is 11.8 Å². The summed E-state index contributed by atoms with van der Waals surface area (Å²) in [7, 11) is 1.90. The minimum atomic E-state index is -2.13. The number of ether oxygens (including phenoxy) is 2. The molecule has 2 saturated carbocycles. The van der Waals surface area contributed by atoms with Gasteiger partial charge in [-0.3, -0.25) is 38.5 Å². The summed E-state index contributed by atoms with van der Waals surface area (Å²) in [5, 5.41) is 137. The van der Waals surface area contributed by atoms with Gasteiger partial charge in [0, 0.05) is 102 Å². The number of hydrogen-bond donors (Lipinski definition) is 18. The first-order valence-electron chi connectivity index (χ1n) is 36.2. The first-order valence-corrected chi connectivity index (χ1v) is 36.2. The van der Waals surface area contributed by atoms with Gasteiger partial charge in [0.25, 0.3) is 5.91 Å². The summed E-state index contributed by atoms with van der Waals surface area (Å²) in [6.07, 6.45) is -2.77. The summed E-state index contributed by atoms with van der Waals surface area (Å²) >= 11 is 0. The number of aromatic hydroxyl groups is 1. The molecule has 3 aromatic carbocycles. The number of amides is 7. The normalized spacial score (nSPS) is 27.8. The zero-order chi connectivity index (χ0) is 74.2. The van der Waals surface area contributed by atoms with E-state index in [9.17, 15) is 80.1 Å². The Hall–Kier alpha value is -6.34. The predicted molar refractivity (Wildman–Crippen MR) is 396 cm³/mol. The number of nitrogens with one attached hydrogen (secondary N) is 7. The van der Waals surface area contributed by atoms with Crippen LogP contribution >= 0.6 is 37.2 Å².